The standard InChI is InChI=1S/C8H11NO3/c1-2-12-6-9-4-3-7(10)5-8(9)11/h3-4H,2,5-6H2,1H3. The summed E-state index contributed by atoms with van der Waals surface area (Å²) >= 11 is 0. The molecule has 1 heterocycles. The van der Waals surface area contributed by atoms with Crippen molar-refractivity contribution in [2.75, 3.05) is 13.3 Å². The summed E-state index contributed by atoms with van der Waals surface area (Å²) in [6, 6.07) is 0. The molecule has 4 nitrogen and oxygen atoms in total. The van der Waals surface area contributed by atoms with E-state index in [9.17, 15) is 9.59 Å². The lowest BCUT2D eigenvalue weighted by atomic mass is 10.2. The van der Waals surface area contributed by atoms with Crippen LogP contribution >= 0.6 is 0 Å². The van der Waals surface area contributed by atoms with E-state index >= 15 is 0 Å². The van der Waals surface area contributed by atoms with Gasteiger partial charge in [0.05, 0.1) is 6.42 Å². The maximum Gasteiger partial charge on any atom is 0.236 e. The first-order valence-corrected chi connectivity index (χ1v) is 3.82. The fourth-order valence-electron chi connectivity index (χ4n) is 0.870. The Kier molecular flexibility index (Phi) is 2.99. The molecule has 0 aliphatic carbocycles. The lowest BCUT2D eigenvalue weighted by Crippen LogP contribution is -2.32. The Balaban J connectivity index is 2.48. The minimum absolute atomic E-state index is 0.0381. The zero-order valence-electron chi connectivity index (χ0n) is 6.95. The molecule has 0 atom stereocenters. The van der Waals surface area contributed by atoms with Crippen LogP contribution in [0.4, 0.5) is 0 Å². The van der Waals surface area contributed by atoms with Gasteiger partial charge in [-0.2, -0.15) is 0 Å². The maximum atomic E-state index is 11.1. The number of nitrogens with zero attached hydrogens (tertiary/aromatic N) is 1. The van der Waals surface area contributed by atoms with Gasteiger partial charge in [-0.3, -0.25) is 14.5 Å². The fourth-order valence-corrected chi connectivity index (χ4v) is 0.870. The van der Waals surface area contributed by atoms with Crippen LogP contribution in [0.15, 0.2) is 12.3 Å². The van der Waals surface area contributed by atoms with Crippen LogP contribution in [0, 0.1) is 0 Å². The third-order valence-electron chi connectivity index (χ3n) is 1.52. The summed E-state index contributed by atoms with van der Waals surface area (Å²) < 4.78 is 5.02. The lowest BCUT2D eigenvalue weighted by Gasteiger charge is -2.19. The quantitative estimate of drug-likeness (QED) is 0.571. The molecule has 66 valence electrons. The number of hydrogen-bond donors (Lipinski definition) is 0. The Morgan fingerprint density at radius 3 is 2.92 bits per heavy atom. The monoisotopic (exact) mass is 169 g/mol. The number of allylic oxidation sites excluding steroid dienone is 1. The highest BCUT2D eigenvalue weighted by Gasteiger charge is 2.18. The second-order valence-corrected chi connectivity index (χ2v) is 2.44. The molecule has 4 heteroatoms. The van der Waals surface area contributed by atoms with Crippen molar-refractivity contribution in [2.24, 2.45) is 0 Å². The number of ether oxygens (including phenoxy) is 1. The highest BCUT2D eigenvalue weighted by atomic mass is 16.5. The summed E-state index contributed by atoms with van der Waals surface area (Å²) in [5.74, 6) is -0.344. The van der Waals surface area contributed by atoms with E-state index < -0.39 is 0 Å². The van der Waals surface area contributed by atoms with Gasteiger partial charge < -0.3 is 4.74 Å². The average molecular weight is 169 g/mol. The van der Waals surface area contributed by atoms with Crippen LogP contribution in [0.2, 0.25) is 0 Å². The molecule has 1 aliphatic heterocycles. The summed E-state index contributed by atoms with van der Waals surface area (Å²) in [6.07, 6.45) is 2.81. The SMILES string of the molecule is CCOCN1C=CC(=O)CC1=O. The van der Waals surface area contributed by atoms with Crippen LogP contribution in [-0.4, -0.2) is 29.9 Å². The third kappa shape index (κ3) is 2.17. The van der Waals surface area contributed by atoms with Crippen LogP contribution in [0.3, 0.4) is 0 Å². The average Bonchev–Trinajstić information content (AvgIpc) is 2.03. The van der Waals surface area contributed by atoms with Crippen LogP contribution in [-0.2, 0) is 14.3 Å². The number of carbonyl (C=O) groups excluding carboxylic acids is 2. The summed E-state index contributed by atoms with van der Waals surface area (Å²) in [5, 5.41) is 0. The van der Waals surface area contributed by atoms with Gasteiger partial charge in [0.15, 0.2) is 5.78 Å². The van der Waals surface area contributed by atoms with E-state index in [2.05, 4.69) is 0 Å². The number of hydrogen-bond acceptors (Lipinski definition) is 3. The van der Waals surface area contributed by atoms with E-state index in [1.807, 2.05) is 6.92 Å². The van der Waals surface area contributed by atoms with E-state index in [4.69, 9.17) is 4.74 Å². The second kappa shape index (κ2) is 4.01. The first kappa shape index (κ1) is 8.93. The highest BCUT2D eigenvalue weighted by molar-refractivity contribution is 6.06. The molecule has 0 aromatic carbocycles. The van der Waals surface area contributed by atoms with Crippen LogP contribution < -0.4 is 0 Å². The summed E-state index contributed by atoms with van der Waals surface area (Å²) in [7, 11) is 0. The second-order valence-electron chi connectivity index (χ2n) is 2.44. The van der Waals surface area contributed by atoms with E-state index in [0.717, 1.165) is 0 Å². The molecular formula is C8H11NO3. The normalized spacial score (nSPS) is 17.2. The molecular weight excluding hydrogens is 158 g/mol. The van der Waals surface area contributed by atoms with E-state index in [1.165, 1.54) is 17.2 Å². The molecule has 0 spiro atoms. The highest BCUT2D eigenvalue weighted by Crippen LogP contribution is 2.04. The van der Waals surface area contributed by atoms with Crippen LogP contribution in [0.5, 0.6) is 0 Å². The van der Waals surface area contributed by atoms with Crippen molar-refractivity contribution in [3.05, 3.63) is 12.3 Å². The van der Waals surface area contributed by atoms with Crippen molar-refractivity contribution in [2.45, 2.75) is 13.3 Å². The van der Waals surface area contributed by atoms with E-state index in [0.29, 0.717) is 6.61 Å². The molecule has 1 rings (SSSR count). The zero-order valence-corrected chi connectivity index (χ0v) is 6.95. The minimum atomic E-state index is -0.198. The molecule has 0 bridgehead atoms. The Morgan fingerprint density at radius 2 is 2.33 bits per heavy atom. The predicted octanol–water partition coefficient (Wildman–Crippen LogP) is 0.296. The molecule has 0 fully saturated rings. The Morgan fingerprint density at radius 1 is 1.58 bits per heavy atom. The lowest BCUT2D eigenvalue weighted by molar-refractivity contribution is -0.136. The summed E-state index contributed by atoms with van der Waals surface area (Å²) in [6.45, 7) is 2.65. The van der Waals surface area contributed by atoms with E-state index in [-0.39, 0.29) is 24.8 Å². The molecule has 1 aliphatic rings. The van der Waals surface area contributed by atoms with Gasteiger partial charge >= 0.3 is 0 Å². The molecule has 12 heavy (non-hydrogen) atoms. The Labute approximate surface area is 70.8 Å². The number of rotatable bonds is 3. The van der Waals surface area contributed by atoms with Gasteiger partial charge in [-0.15, -0.1) is 0 Å². The molecule has 0 N–H and O–H groups in total. The molecule has 0 saturated heterocycles. The number of ketones is 1. The zero-order chi connectivity index (χ0) is 8.97. The van der Waals surface area contributed by atoms with E-state index in [1.54, 1.807) is 0 Å². The van der Waals surface area contributed by atoms with Gasteiger partial charge in [-0.05, 0) is 13.0 Å². The van der Waals surface area contributed by atoms with Gasteiger partial charge in [0.1, 0.15) is 6.73 Å². The topological polar surface area (TPSA) is 46.6 Å². The van der Waals surface area contributed by atoms with Crippen molar-refractivity contribution in [1.29, 1.82) is 0 Å². The molecule has 0 unspecified atom stereocenters. The molecule has 0 aromatic rings. The molecule has 0 saturated carbocycles. The first-order valence-electron chi connectivity index (χ1n) is 3.82. The number of carbonyl (C=O) groups is 2. The van der Waals surface area contributed by atoms with Gasteiger partial charge in [0.2, 0.25) is 5.91 Å². The smallest absolute Gasteiger partial charge is 0.236 e. The van der Waals surface area contributed by atoms with Crippen molar-refractivity contribution in [3.63, 3.8) is 0 Å². The van der Waals surface area contributed by atoms with Gasteiger partial charge in [-0.1, -0.05) is 0 Å². The van der Waals surface area contributed by atoms with Crippen molar-refractivity contribution in [1.82, 2.24) is 4.90 Å². The summed E-state index contributed by atoms with van der Waals surface area (Å²) in [5.41, 5.74) is 0. The van der Waals surface area contributed by atoms with Crippen LogP contribution in [0.25, 0.3) is 0 Å². The predicted molar refractivity (Wildman–Crippen MR) is 42.1 cm³/mol. The van der Waals surface area contributed by atoms with Crippen LogP contribution in [0.1, 0.15) is 13.3 Å². The summed E-state index contributed by atoms with van der Waals surface area (Å²) in [4.78, 5) is 23.2. The van der Waals surface area contributed by atoms with Gasteiger partial charge in [0, 0.05) is 12.8 Å². The van der Waals surface area contributed by atoms with Crippen molar-refractivity contribution >= 4 is 11.7 Å². The van der Waals surface area contributed by atoms with Gasteiger partial charge in [-0.25, -0.2) is 0 Å². The third-order valence-corrected chi connectivity index (χ3v) is 1.52. The largest absolute Gasteiger partial charge is 0.361 e. The Bertz CT molecular complexity index is 222. The molecule has 0 radical (unpaired) electrons. The van der Waals surface area contributed by atoms with Gasteiger partial charge in [0.25, 0.3) is 0 Å². The fraction of sp³-hybridized carbons (Fsp3) is 0.500. The van der Waals surface area contributed by atoms with Crippen molar-refractivity contribution in [3.8, 4) is 0 Å². The maximum absolute atomic E-state index is 11.1. The minimum Gasteiger partial charge on any atom is -0.361 e. The first-order chi connectivity index (χ1) is 5.74. The Hall–Kier alpha value is -1.16. The number of amides is 1. The molecule has 0 aromatic heterocycles. The van der Waals surface area contributed by atoms with Crippen molar-refractivity contribution < 1.29 is 14.3 Å². The molecule has 1 amide bonds.